The van der Waals surface area contributed by atoms with Gasteiger partial charge in [0, 0.05) is 55.5 Å². The van der Waals surface area contributed by atoms with E-state index in [1.807, 2.05) is 0 Å². The summed E-state index contributed by atoms with van der Waals surface area (Å²) < 4.78 is 23.3. The summed E-state index contributed by atoms with van der Waals surface area (Å²) in [5.41, 5.74) is 0.0306. The van der Waals surface area contributed by atoms with E-state index in [0.717, 1.165) is 11.3 Å². The lowest BCUT2D eigenvalue weighted by atomic mass is 10.0. The molecule has 0 bridgehead atoms. The van der Waals surface area contributed by atoms with E-state index in [1.54, 1.807) is 124 Å². The van der Waals surface area contributed by atoms with Crippen LogP contribution in [-0.4, -0.2) is 96.0 Å². The number of nitro benzene ring substituents is 1. The summed E-state index contributed by atoms with van der Waals surface area (Å²) in [7, 11) is 0. The number of hydrogen-bond acceptors (Lipinski definition) is 13. The number of ether oxygens (including phenoxy) is 4. The van der Waals surface area contributed by atoms with Gasteiger partial charge in [-0.2, -0.15) is 15.0 Å². The molecule has 4 amide bonds. The monoisotopic (exact) mass is 847 g/mol. The average molecular weight is 848 g/mol. The summed E-state index contributed by atoms with van der Waals surface area (Å²) in [4.78, 5) is 84.0. The van der Waals surface area contributed by atoms with E-state index in [2.05, 4.69) is 15.4 Å². The van der Waals surface area contributed by atoms with Gasteiger partial charge in [0.25, 0.3) is 5.69 Å². The minimum Gasteiger partial charge on any atom is -0.462 e. The number of amides is 4. The Morgan fingerprint density at radius 3 is 1.93 bits per heavy atom. The molecule has 1 atom stereocenters. The number of amidine groups is 1. The van der Waals surface area contributed by atoms with Crippen molar-refractivity contribution < 1.29 is 47.8 Å². The maximum absolute atomic E-state index is 14.3. The van der Waals surface area contributed by atoms with Crippen LogP contribution in [0.15, 0.2) is 59.7 Å². The number of carbonyl (C=O) groups is 5. The molecule has 1 aliphatic rings. The molecular formula is C43H57N7O11. The van der Waals surface area contributed by atoms with Crippen molar-refractivity contribution in [2.24, 2.45) is 4.99 Å². The number of hydrogen-bond donors (Lipinski definition) is 1. The van der Waals surface area contributed by atoms with E-state index < -0.39 is 57.9 Å². The normalized spacial score (nSPS) is 13.8. The number of nitrogens with one attached hydrogen (secondary N) is 1. The Balaban J connectivity index is 1.63. The minimum absolute atomic E-state index is 0.0589. The van der Waals surface area contributed by atoms with Gasteiger partial charge in [-0.15, -0.1) is 0 Å². The third-order valence-corrected chi connectivity index (χ3v) is 8.48. The SMILES string of the molecule is CC(C)OC(=O)Cn1cc2c(n1)CCN(C(=O)[C@H](Cc1ccc([N+](=O)[O-])cc1)NCc1ccc(C(=NC(=O)OC(C)(C)C)N(C(=O)OC(C)(C)C)C(=O)OC(C)(C)C)cc1)C2. The van der Waals surface area contributed by atoms with Crippen molar-refractivity contribution >= 4 is 41.7 Å². The predicted molar refractivity (Wildman–Crippen MR) is 224 cm³/mol. The van der Waals surface area contributed by atoms with E-state index in [-0.39, 0.29) is 49.3 Å². The topological polar surface area (TPSA) is 214 Å². The molecule has 0 saturated carbocycles. The molecule has 0 spiro atoms. The number of aromatic nitrogens is 2. The van der Waals surface area contributed by atoms with Gasteiger partial charge in [-0.1, -0.05) is 36.4 Å². The van der Waals surface area contributed by atoms with Crippen molar-refractivity contribution in [3.05, 3.63) is 92.8 Å². The van der Waals surface area contributed by atoms with Crippen LogP contribution in [0.3, 0.4) is 0 Å². The molecule has 18 heteroatoms. The lowest BCUT2D eigenvalue weighted by molar-refractivity contribution is -0.384. The van der Waals surface area contributed by atoms with Gasteiger partial charge in [-0.3, -0.25) is 24.4 Å². The number of esters is 1. The van der Waals surface area contributed by atoms with Crippen molar-refractivity contribution in [3.8, 4) is 0 Å². The maximum atomic E-state index is 14.3. The van der Waals surface area contributed by atoms with E-state index in [9.17, 15) is 34.1 Å². The maximum Gasteiger partial charge on any atom is 0.436 e. The van der Waals surface area contributed by atoms with E-state index in [4.69, 9.17) is 18.9 Å². The van der Waals surface area contributed by atoms with Crippen LogP contribution in [0, 0.1) is 10.1 Å². The molecular weight excluding hydrogens is 791 g/mol. The Morgan fingerprint density at radius 2 is 1.41 bits per heavy atom. The Bertz CT molecular complexity index is 2080. The quantitative estimate of drug-likeness (QED) is 0.0521. The molecule has 2 heterocycles. The first-order chi connectivity index (χ1) is 28.3. The zero-order chi connectivity index (χ0) is 45.4. The summed E-state index contributed by atoms with van der Waals surface area (Å²) in [6.45, 7) is 18.9. The van der Waals surface area contributed by atoms with Crippen LogP contribution in [0.2, 0.25) is 0 Å². The highest BCUT2D eigenvalue weighted by atomic mass is 16.6. The second-order valence-corrected chi connectivity index (χ2v) is 17.8. The van der Waals surface area contributed by atoms with Gasteiger partial charge < -0.3 is 29.2 Å². The largest absolute Gasteiger partial charge is 0.462 e. The molecule has 330 valence electrons. The number of aliphatic imine (C=N–C) groups is 1. The van der Waals surface area contributed by atoms with Crippen molar-refractivity contribution in [1.82, 2.24) is 24.9 Å². The third-order valence-electron chi connectivity index (χ3n) is 8.48. The van der Waals surface area contributed by atoms with Crippen LogP contribution in [0.4, 0.5) is 20.1 Å². The second-order valence-electron chi connectivity index (χ2n) is 17.8. The first-order valence-electron chi connectivity index (χ1n) is 19.9. The molecule has 1 aliphatic heterocycles. The average Bonchev–Trinajstić information content (AvgIpc) is 3.52. The van der Waals surface area contributed by atoms with Crippen LogP contribution in [0.5, 0.6) is 0 Å². The zero-order valence-electron chi connectivity index (χ0n) is 36.8. The van der Waals surface area contributed by atoms with Gasteiger partial charge in [0.1, 0.15) is 23.3 Å². The molecule has 18 nitrogen and oxygen atoms in total. The molecule has 4 rings (SSSR count). The van der Waals surface area contributed by atoms with Crippen molar-refractivity contribution in [3.63, 3.8) is 0 Å². The van der Waals surface area contributed by atoms with Crippen LogP contribution in [0.25, 0.3) is 0 Å². The summed E-state index contributed by atoms with van der Waals surface area (Å²) in [6, 6.07) is 11.7. The molecule has 1 aromatic heterocycles. The Morgan fingerprint density at radius 1 is 0.852 bits per heavy atom. The first kappa shape index (κ1) is 47.5. The Hall–Kier alpha value is -6.17. The molecule has 0 radical (unpaired) electrons. The van der Waals surface area contributed by atoms with Crippen molar-refractivity contribution in [2.75, 3.05) is 6.54 Å². The summed E-state index contributed by atoms with van der Waals surface area (Å²) in [5.74, 6) is -1.03. The van der Waals surface area contributed by atoms with Gasteiger partial charge in [-0.25, -0.2) is 14.4 Å². The highest BCUT2D eigenvalue weighted by Crippen LogP contribution is 2.23. The van der Waals surface area contributed by atoms with Crippen LogP contribution >= 0.6 is 0 Å². The fourth-order valence-electron chi connectivity index (χ4n) is 6.02. The third kappa shape index (κ3) is 14.8. The highest BCUT2D eigenvalue weighted by molar-refractivity contribution is 6.18. The number of nitrogens with zero attached hydrogens (tertiary/aromatic N) is 6. The number of nitro groups is 1. The fraction of sp³-hybridized carbons (Fsp3) is 0.512. The van der Waals surface area contributed by atoms with Gasteiger partial charge in [0.05, 0.1) is 22.8 Å². The summed E-state index contributed by atoms with van der Waals surface area (Å²) >= 11 is 0. The number of benzene rings is 2. The molecule has 61 heavy (non-hydrogen) atoms. The number of non-ortho nitro benzene ring substituents is 1. The van der Waals surface area contributed by atoms with Crippen molar-refractivity contribution in [2.45, 2.75) is 138 Å². The predicted octanol–water partition coefficient (Wildman–Crippen LogP) is 6.88. The standard InChI is InChI=1S/C43H57N7O11/c1-27(2)58-35(51)26-48-25-31-24-47(21-20-33(31)46-48)37(52)34(22-28-14-18-32(19-15-28)50(56)57)44-23-29-12-16-30(17-13-29)36(45-38(53)59-41(3,4)5)49(39(54)60-42(6,7)8)40(55)61-43(9,10)11/h12-19,25,27,34,44H,20-24,26H2,1-11H3/t34-/m0/s1. The zero-order valence-corrected chi connectivity index (χ0v) is 36.8. The van der Waals surface area contributed by atoms with Gasteiger partial charge in [0.2, 0.25) is 5.91 Å². The molecule has 0 aliphatic carbocycles. The molecule has 0 saturated heterocycles. The highest BCUT2D eigenvalue weighted by Gasteiger charge is 2.37. The van der Waals surface area contributed by atoms with Gasteiger partial charge >= 0.3 is 24.2 Å². The minimum atomic E-state index is -1.13. The number of imide groups is 1. The Labute approximate surface area is 355 Å². The fourth-order valence-corrected chi connectivity index (χ4v) is 6.02. The van der Waals surface area contributed by atoms with Gasteiger partial charge in [0.15, 0.2) is 5.84 Å². The van der Waals surface area contributed by atoms with Crippen molar-refractivity contribution in [1.29, 1.82) is 0 Å². The summed E-state index contributed by atoms with van der Waals surface area (Å²) in [5, 5.41) is 19.2. The van der Waals surface area contributed by atoms with E-state index >= 15 is 0 Å². The second kappa shape index (κ2) is 19.5. The van der Waals surface area contributed by atoms with E-state index in [0.29, 0.717) is 29.0 Å². The first-order valence-corrected chi connectivity index (χ1v) is 19.9. The lowest BCUT2D eigenvalue weighted by Crippen LogP contribution is -2.49. The molecule has 0 unspecified atom stereocenters. The van der Waals surface area contributed by atoms with Gasteiger partial charge in [-0.05, 0) is 93.7 Å². The number of rotatable bonds is 11. The van der Waals surface area contributed by atoms with Crippen LogP contribution < -0.4 is 5.32 Å². The molecule has 3 aromatic rings. The molecule has 0 fully saturated rings. The summed E-state index contributed by atoms with van der Waals surface area (Å²) in [6.07, 6.45) is -1.19. The Kier molecular flexibility index (Phi) is 15.2. The van der Waals surface area contributed by atoms with Crippen LogP contribution in [0.1, 0.15) is 104 Å². The number of carbonyl (C=O) groups excluding carboxylic acids is 5. The molecule has 2 aromatic carbocycles. The van der Waals surface area contributed by atoms with E-state index in [1.165, 1.54) is 16.8 Å². The smallest absolute Gasteiger partial charge is 0.436 e. The number of fused-ring (bicyclic) bond motifs is 1. The molecule has 1 N–H and O–H groups in total. The van der Waals surface area contributed by atoms with Crippen LogP contribution in [-0.2, 0) is 61.0 Å². The lowest BCUT2D eigenvalue weighted by Gasteiger charge is -2.30.